The van der Waals surface area contributed by atoms with Crippen molar-refractivity contribution in [3.05, 3.63) is 63.1 Å². The van der Waals surface area contributed by atoms with Crippen molar-refractivity contribution in [2.45, 2.75) is 20.1 Å². The fraction of sp³-hybridized carbons (Fsp3) is 0.250. The Bertz CT molecular complexity index is 599. The maximum Gasteiger partial charge on any atom is 0.142 e. The van der Waals surface area contributed by atoms with Crippen molar-refractivity contribution in [2.75, 3.05) is 7.05 Å². The van der Waals surface area contributed by atoms with Crippen LogP contribution in [0.4, 0.5) is 0 Å². The molecule has 106 valence electrons. The maximum absolute atomic E-state index is 6.21. The summed E-state index contributed by atoms with van der Waals surface area (Å²) < 4.78 is 5.87. The summed E-state index contributed by atoms with van der Waals surface area (Å²) in [5, 5.41) is 4.43. The number of hydrogen-bond acceptors (Lipinski definition) is 2. The summed E-state index contributed by atoms with van der Waals surface area (Å²) in [4.78, 5) is 0. The minimum Gasteiger partial charge on any atom is -0.487 e. The van der Waals surface area contributed by atoms with Gasteiger partial charge in [0.1, 0.15) is 12.4 Å². The second kappa shape index (κ2) is 6.98. The van der Waals surface area contributed by atoms with E-state index < -0.39 is 0 Å². The smallest absolute Gasteiger partial charge is 0.142 e. The lowest BCUT2D eigenvalue weighted by molar-refractivity contribution is 0.302. The first-order chi connectivity index (χ1) is 9.61. The summed E-state index contributed by atoms with van der Waals surface area (Å²) in [5.74, 6) is 0.708. The number of para-hydroxylation sites is 1. The van der Waals surface area contributed by atoms with E-state index in [1.54, 1.807) is 0 Å². The average molecular weight is 310 g/mol. The lowest BCUT2D eigenvalue weighted by Crippen LogP contribution is -2.08. The van der Waals surface area contributed by atoms with E-state index in [0.29, 0.717) is 28.9 Å². The van der Waals surface area contributed by atoms with Gasteiger partial charge < -0.3 is 10.1 Å². The predicted octanol–water partition coefficient (Wildman–Crippen LogP) is 4.60. The molecule has 20 heavy (non-hydrogen) atoms. The number of hydrogen-bond donors (Lipinski definition) is 1. The normalized spacial score (nSPS) is 10.6. The second-order valence-corrected chi connectivity index (χ2v) is 5.46. The van der Waals surface area contributed by atoms with Gasteiger partial charge in [-0.3, -0.25) is 0 Å². The third-order valence-electron chi connectivity index (χ3n) is 3.00. The summed E-state index contributed by atoms with van der Waals surface area (Å²) >= 11 is 12.4. The fourth-order valence-corrected chi connectivity index (χ4v) is 2.50. The Kier molecular flexibility index (Phi) is 5.30. The molecule has 0 saturated heterocycles. The molecule has 2 aromatic carbocycles. The van der Waals surface area contributed by atoms with E-state index in [-0.39, 0.29) is 0 Å². The van der Waals surface area contributed by atoms with Gasteiger partial charge in [-0.25, -0.2) is 0 Å². The van der Waals surface area contributed by atoms with E-state index in [9.17, 15) is 0 Å². The van der Waals surface area contributed by atoms with Crippen LogP contribution in [0.3, 0.4) is 0 Å². The lowest BCUT2D eigenvalue weighted by atomic mass is 10.1. The van der Waals surface area contributed by atoms with Gasteiger partial charge in [0.25, 0.3) is 0 Å². The number of benzene rings is 2. The van der Waals surface area contributed by atoms with Crippen LogP contribution in [-0.2, 0) is 13.2 Å². The Morgan fingerprint density at radius 3 is 2.55 bits per heavy atom. The summed E-state index contributed by atoms with van der Waals surface area (Å²) in [6.07, 6.45) is 0. The number of aryl methyl sites for hydroxylation is 1. The van der Waals surface area contributed by atoms with E-state index in [1.807, 2.05) is 50.4 Å². The van der Waals surface area contributed by atoms with Gasteiger partial charge in [-0.1, -0.05) is 47.5 Å². The molecule has 0 radical (unpaired) electrons. The quantitative estimate of drug-likeness (QED) is 0.871. The monoisotopic (exact) mass is 309 g/mol. The van der Waals surface area contributed by atoms with Gasteiger partial charge in [-0.15, -0.1) is 0 Å². The number of rotatable bonds is 5. The molecule has 0 aliphatic rings. The molecule has 0 amide bonds. The van der Waals surface area contributed by atoms with Crippen LogP contribution in [0.2, 0.25) is 10.0 Å². The van der Waals surface area contributed by atoms with Crippen molar-refractivity contribution in [1.82, 2.24) is 5.32 Å². The second-order valence-electron chi connectivity index (χ2n) is 4.64. The summed E-state index contributed by atoms with van der Waals surface area (Å²) in [7, 11) is 1.89. The van der Waals surface area contributed by atoms with Crippen LogP contribution in [0.25, 0.3) is 0 Å². The minimum absolute atomic E-state index is 0.402. The molecule has 2 aromatic rings. The van der Waals surface area contributed by atoms with Gasteiger partial charge in [-0.05, 0) is 31.7 Å². The summed E-state index contributed by atoms with van der Waals surface area (Å²) in [6.45, 7) is 3.12. The van der Waals surface area contributed by atoms with Gasteiger partial charge in [0.15, 0.2) is 0 Å². The molecule has 0 heterocycles. The van der Waals surface area contributed by atoms with Gasteiger partial charge in [0, 0.05) is 22.7 Å². The zero-order valence-electron chi connectivity index (χ0n) is 11.5. The van der Waals surface area contributed by atoms with E-state index in [2.05, 4.69) is 5.32 Å². The highest BCUT2D eigenvalue weighted by atomic mass is 35.5. The highest BCUT2D eigenvalue weighted by Crippen LogP contribution is 2.30. The van der Waals surface area contributed by atoms with E-state index in [0.717, 1.165) is 16.7 Å². The predicted molar refractivity (Wildman–Crippen MR) is 84.7 cm³/mol. The van der Waals surface area contributed by atoms with Gasteiger partial charge >= 0.3 is 0 Å². The van der Waals surface area contributed by atoms with Crippen molar-refractivity contribution < 1.29 is 4.74 Å². The molecule has 0 fully saturated rings. The van der Waals surface area contributed by atoms with E-state index in [4.69, 9.17) is 27.9 Å². The first kappa shape index (κ1) is 15.2. The zero-order valence-corrected chi connectivity index (χ0v) is 13.1. The van der Waals surface area contributed by atoms with Crippen LogP contribution in [0.1, 0.15) is 16.7 Å². The SMILES string of the molecule is CNCc1cccc(Cl)c1OCc1ccc(C)cc1Cl. The van der Waals surface area contributed by atoms with Crippen molar-refractivity contribution in [3.8, 4) is 5.75 Å². The average Bonchev–Trinajstić information content (AvgIpc) is 2.40. The van der Waals surface area contributed by atoms with Crippen LogP contribution in [0, 0.1) is 6.92 Å². The highest BCUT2D eigenvalue weighted by Gasteiger charge is 2.09. The Morgan fingerprint density at radius 2 is 1.85 bits per heavy atom. The zero-order chi connectivity index (χ0) is 14.5. The molecule has 0 aliphatic carbocycles. The van der Waals surface area contributed by atoms with Crippen LogP contribution >= 0.6 is 23.2 Å². The number of nitrogens with one attached hydrogen (secondary N) is 1. The molecule has 0 spiro atoms. The first-order valence-corrected chi connectivity index (χ1v) is 7.17. The number of halogens is 2. The topological polar surface area (TPSA) is 21.3 Å². The Hall–Kier alpha value is -1.22. The summed E-state index contributed by atoms with van der Waals surface area (Å²) in [5.41, 5.74) is 3.11. The first-order valence-electron chi connectivity index (χ1n) is 6.41. The molecule has 0 saturated carbocycles. The van der Waals surface area contributed by atoms with Crippen molar-refractivity contribution in [2.24, 2.45) is 0 Å². The molecule has 0 atom stereocenters. The van der Waals surface area contributed by atoms with Crippen molar-refractivity contribution >= 4 is 23.2 Å². The Labute approximate surface area is 129 Å². The molecule has 2 rings (SSSR count). The molecular weight excluding hydrogens is 293 g/mol. The third kappa shape index (κ3) is 3.66. The van der Waals surface area contributed by atoms with Crippen molar-refractivity contribution in [1.29, 1.82) is 0 Å². The molecule has 0 aliphatic heterocycles. The number of ether oxygens (including phenoxy) is 1. The van der Waals surface area contributed by atoms with Crippen molar-refractivity contribution in [3.63, 3.8) is 0 Å². The third-order valence-corrected chi connectivity index (χ3v) is 3.65. The van der Waals surface area contributed by atoms with Gasteiger partial charge in [-0.2, -0.15) is 0 Å². The summed E-state index contributed by atoms with van der Waals surface area (Å²) in [6, 6.07) is 11.7. The maximum atomic E-state index is 6.21. The molecule has 2 nitrogen and oxygen atoms in total. The van der Waals surface area contributed by atoms with Crippen LogP contribution < -0.4 is 10.1 Å². The van der Waals surface area contributed by atoms with Gasteiger partial charge in [0.05, 0.1) is 5.02 Å². The lowest BCUT2D eigenvalue weighted by Gasteiger charge is -2.14. The highest BCUT2D eigenvalue weighted by molar-refractivity contribution is 6.32. The van der Waals surface area contributed by atoms with Crippen LogP contribution in [0.5, 0.6) is 5.75 Å². The molecular formula is C16H17Cl2NO. The van der Waals surface area contributed by atoms with Gasteiger partial charge in [0.2, 0.25) is 0 Å². The molecule has 0 bridgehead atoms. The largest absolute Gasteiger partial charge is 0.487 e. The molecule has 4 heteroatoms. The molecule has 0 aromatic heterocycles. The minimum atomic E-state index is 0.402. The Morgan fingerprint density at radius 1 is 1.05 bits per heavy atom. The fourth-order valence-electron chi connectivity index (χ4n) is 1.96. The van der Waals surface area contributed by atoms with Crippen LogP contribution in [0.15, 0.2) is 36.4 Å². The van der Waals surface area contributed by atoms with Crippen LogP contribution in [-0.4, -0.2) is 7.05 Å². The Balaban J connectivity index is 2.18. The standard InChI is InChI=1S/C16H17Cl2NO/c1-11-6-7-13(15(18)8-11)10-20-16-12(9-19-2)4-3-5-14(16)17/h3-8,19H,9-10H2,1-2H3. The van der Waals surface area contributed by atoms with E-state index in [1.165, 1.54) is 0 Å². The molecule has 0 unspecified atom stereocenters. The van der Waals surface area contributed by atoms with E-state index >= 15 is 0 Å². The molecule has 1 N–H and O–H groups in total.